The van der Waals surface area contributed by atoms with E-state index in [1.807, 2.05) is 6.92 Å². The highest BCUT2D eigenvalue weighted by atomic mass is 19.1. The highest BCUT2D eigenvalue weighted by Gasteiger charge is 2.35. The Kier molecular flexibility index (Phi) is 3.99. The molecular formula is C19H15F2N3O2. The van der Waals surface area contributed by atoms with Gasteiger partial charge < -0.3 is 9.42 Å². The molecule has 1 unspecified atom stereocenters. The smallest absolute Gasteiger partial charge is 0.257 e. The van der Waals surface area contributed by atoms with E-state index in [0.717, 1.165) is 5.56 Å². The molecule has 1 aliphatic rings. The summed E-state index contributed by atoms with van der Waals surface area (Å²) in [4.78, 5) is 18.3. The van der Waals surface area contributed by atoms with Gasteiger partial charge in [0.1, 0.15) is 11.6 Å². The van der Waals surface area contributed by atoms with E-state index in [1.165, 1.54) is 24.3 Å². The van der Waals surface area contributed by atoms with Crippen LogP contribution in [0.25, 0.3) is 11.5 Å². The zero-order valence-corrected chi connectivity index (χ0v) is 13.9. The molecule has 3 aromatic rings. The summed E-state index contributed by atoms with van der Waals surface area (Å²) in [6, 6.07) is 10.1. The fourth-order valence-corrected chi connectivity index (χ4v) is 3.10. The fraction of sp³-hybridized carbons (Fsp3) is 0.211. The van der Waals surface area contributed by atoms with Gasteiger partial charge in [0, 0.05) is 30.1 Å². The summed E-state index contributed by atoms with van der Waals surface area (Å²) in [5.74, 6) is -0.419. The largest absolute Gasteiger partial charge is 0.334 e. The van der Waals surface area contributed by atoms with E-state index in [9.17, 15) is 13.6 Å². The molecule has 7 heteroatoms. The second kappa shape index (κ2) is 6.33. The van der Waals surface area contributed by atoms with Gasteiger partial charge >= 0.3 is 0 Å². The van der Waals surface area contributed by atoms with Gasteiger partial charge in [-0.1, -0.05) is 11.2 Å². The van der Waals surface area contributed by atoms with Gasteiger partial charge in [0.15, 0.2) is 5.82 Å². The van der Waals surface area contributed by atoms with E-state index < -0.39 is 0 Å². The van der Waals surface area contributed by atoms with Crippen molar-refractivity contribution in [1.82, 2.24) is 10.1 Å². The number of carbonyl (C=O) groups excluding carboxylic acids is 1. The molecule has 4 rings (SSSR count). The van der Waals surface area contributed by atoms with E-state index in [0.29, 0.717) is 23.6 Å². The lowest BCUT2D eigenvalue weighted by molar-refractivity contribution is -0.117. The summed E-state index contributed by atoms with van der Waals surface area (Å²) in [7, 11) is 0. The monoisotopic (exact) mass is 355 g/mol. The number of aryl methyl sites for hydroxylation is 1. The van der Waals surface area contributed by atoms with Crippen LogP contribution in [0, 0.1) is 18.6 Å². The minimum Gasteiger partial charge on any atom is -0.334 e. The van der Waals surface area contributed by atoms with Crippen molar-refractivity contribution in [1.29, 1.82) is 0 Å². The summed E-state index contributed by atoms with van der Waals surface area (Å²) >= 11 is 0. The Morgan fingerprint density at radius 3 is 2.62 bits per heavy atom. The van der Waals surface area contributed by atoms with Gasteiger partial charge in [-0.15, -0.1) is 0 Å². The maximum Gasteiger partial charge on any atom is 0.257 e. The Labute approximate surface area is 148 Å². The molecule has 1 saturated heterocycles. The molecule has 2 aromatic carbocycles. The number of hydrogen-bond acceptors (Lipinski definition) is 4. The van der Waals surface area contributed by atoms with Crippen LogP contribution in [0.4, 0.5) is 14.5 Å². The van der Waals surface area contributed by atoms with Crippen molar-refractivity contribution in [3.8, 4) is 11.5 Å². The maximum atomic E-state index is 13.6. The molecule has 1 amide bonds. The standard InChI is InChI=1S/C19H15F2N3O2/c1-11-2-5-15(21)9-16(11)24-10-13(8-17(24)25)18-22-19(26-23-18)12-3-6-14(20)7-4-12/h2-7,9,13H,8,10H2,1H3. The van der Waals surface area contributed by atoms with Crippen LogP contribution in [-0.4, -0.2) is 22.6 Å². The Hall–Kier alpha value is -3.09. The lowest BCUT2D eigenvalue weighted by Crippen LogP contribution is -2.25. The molecular weight excluding hydrogens is 340 g/mol. The molecule has 1 atom stereocenters. The third kappa shape index (κ3) is 2.96. The predicted molar refractivity (Wildman–Crippen MR) is 90.5 cm³/mol. The Morgan fingerprint density at radius 1 is 1.12 bits per heavy atom. The van der Waals surface area contributed by atoms with E-state index in [4.69, 9.17) is 4.52 Å². The van der Waals surface area contributed by atoms with Crippen LogP contribution in [-0.2, 0) is 4.79 Å². The Balaban J connectivity index is 1.58. The first-order valence-electron chi connectivity index (χ1n) is 8.17. The van der Waals surface area contributed by atoms with Crippen molar-refractivity contribution in [3.05, 3.63) is 65.5 Å². The van der Waals surface area contributed by atoms with E-state index in [-0.39, 0.29) is 35.8 Å². The summed E-state index contributed by atoms with van der Waals surface area (Å²) in [5.41, 5.74) is 1.98. The number of carbonyl (C=O) groups is 1. The van der Waals surface area contributed by atoms with Crippen LogP contribution in [0.3, 0.4) is 0 Å². The summed E-state index contributed by atoms with van der Waals surface area (Å²) in [5, 5.41) is 3.97. The lowest BCUT2D eigenvalue weighted by Gasteiger charge is -2.18. The van der Waals surface area contributed by atoms with E-state index in [2.05, 4.69) is 10.1 Å². The molecule has 0 radical (unpaired) electrons. The number of rotatable bonds is 3. The molecule has 5 nitrogen and oxygen atoms in total. The third-order valence-electron chi connectivity index (χ3n) is 4.49. The van der Waals surface area contributed by atoms with Crippen molar-refractivity contribution >= 4 is 11.6 Å². The fourth-order valence-electron chi connectivity index (χ4n) is 3.10. The molecule has 26 heavy (non-hydrogen) atoms. The molecule has 0 bridgehead atoms. The second-order valence-corrected chi connectivity index (χ2v) is 6.30. The van der Waals surface area contributed by atoms with Crippen molar-refractivity contribution in [2.45, 2.75) is 19.3 Å². The number of nitrogens with zero attached hydrogens (tertiary/aromatic N) is 3. The van der Waals surface area contributed by atoms with Gasteiger partial charge in [0.25, 0.3) is 5.89 Å². The number of amides is 1. The summed E-state index contributed by atoms with van der Waals surface area (Å²) in [6.45, 7) is 2.18. The first kappa shape index (κ1) is 16.4. The Bertz CT molecular complexity index is 969. The zero-order valence-electron chi connectivity index (χ0n) is 13.9. The van der Waals surface area contributed by atoms with E-state index >= 15 is 0 Å². The number of halogens is 2. The molecule has 1 aromatic heterocycles. The molecule has 0 spiro atoms. The molecule has 2 heterocycles. The third-order valence-corrected chi connectivity index (χ3v) is 4.49. The molecule has 1 aliphatic heterocycles. The van der Waals surface area contributed by atoms with Gasteiger partial charge in [-0.3, -0.25) is 4.79 Å². The zero-order chi connectivity index (χ0) is 18.3. The maximum absolute atomic E-state index is 13.6. The summed E-state index contributed by atoms with van der Waals surface area (Å²) < 4.78 is 31.8. The van der Waals surface area contributed by atoms with Crippen LogP contribution >= 0.6 is 0 Å². The number of anilines is 1. The SMILES string of the molecule is Cc1ccc(F)cc1N1CC(c2noc(-c3ccc(F)cc3)n2)CC1=O. The van der Waals surface area contributed by atoms with Crippen LogP contribution in [0.5, 0.6) is 0 Å². The number of hydrogen-bond donors (Lipinski definition) is 0. The topological polar surface area (TPSA) is 59.2 Å². The number of benzene rings is 2. The van der Waals surface area contributed by atoms with Crippen LogP contribution in [0.15, 0.2) is 47.0 Å². The Morgan fingerprint density at radius 2 is 1.85 bits per heavy atom. The molecule has 0 aliphatic carbocycles. The highest BCUT2D eigenvalue weighted by molar-refractivity contribution is 5.97. The van der Waals surface area contributed by atoms with Crippen molar-refractivity contribution in [2.75, 3.05) is 11.4 Å². The summed E-state index contributed by atoms with van der Waals surface area (Å²) in [6.07, 6.45) is 0.221. The minimum atomic E-state index is -0.389. The average Bonchev–Trinajstić information content (AvgIpc) is 3.25. The number of aromatic nitrogens is 2. The van der Waals surface area contributed by atoms with Crippen LogP contribution in [0.2, 0.25) is 0 Å². The first-order chi connectivity index (χ1) is 12.5. The van der Waals surface area contributed by atoms with Gasteiger partial charge in [0.05, 0.1) is 0 Å². The van der Waals surface area contributed by atoms with Gasteiger partial charge in [-0.25, -0.2) is 8.78 Å². The predicted octanol–water partition coefficient (Wildman–Crippen LogP) is 3.84. The van der Waals surface area contributed by atoms with Crippen LogP contribution in [0.1, 0.15) is 23.7 Å². The molecule has 0 N–H and O–H groups in total. The normalized spacial score (nSPS) is 17.1. The van der Waals surface area contributed by atoms with Crippen molar-refractivity contribution < 1.29 is 18.1 Å². The van der Waals surface area contributed by atoms with E-state index in [1.54, 1.807) is 23.1 Å². The first-order valence-corrected chi connectivity index (χ1v) is 8.17. The second-order valence-electron chi connectivity index (χ2n) is 6.30. The van der Waals surface area contributed by atoms with Gasteiger partial charge in [-0.2, -0.15) is 4.98 Å². The van der Waals surface area contributed by atoms with Gasteiger partial charge in [-0.05, 0) is 48.9 Å². The molecule has 0 saturated carbocycles. The quantitative estimate of drug-likeness (QED) is 0.716. The molecule has 132 valence electrons. The van der Waals surface area contributed by atoms with Crippen LogP contribution < -0.4 is 4.90 Å². The highest BCUT2D eigenvalue weighted by Crippen LogP contribution is 2.33. The average molecular weight is 355 g/mol. The van der Waals surface area contributed by atoms with Crippen molar-refractivity contribution in [3.63, 3.8) is 0 Å². The minimum absolute atomic E-state index is 0.114. The lowest BCUT2D eigenvalue weighted by atomic mass is 10.1. The van der Waals surface area contributed by atoms with Crippen molar-refractivity contribution in [2.24, 2.45) is 0 Å². The van der Waals surface area contributed by atoms with Gasteiger partial charge in [0.2, 0.25) is 5.91 Å². The molecule has 1 fully saturated rings.